The second kappa shape index (κ2) is 6.42. The average molecular weight is 249 g/mol. The Balaban J connectivity index is 1.78. The highest BCUT2D eigenvalue weighted by Gasteiger charge is 2.00. The van der Waals surface area contributed by atoms with E-state index in [9.17, 15) is 0 Å². The zero-order valence-electron chi connectivity index (χ0n) is 9.49. The van der Waals surface area contributed by atoms with Crippen molar-refractivity contribution in [1.82, 2.24) is 15.0 Å². The smallest absolute Gasteiger partial charge is 0.0849 e. The number of hydrogen-bond acceptors (Lipinski definition) is 4. The van der Waals surface area contributed by atoms with Crippen LogP contribution in [0.25, 0.3) is 0 Å². The zero-order chi connectivity index (χ0) is 11.9. The molecule has 0 aliphatic rings. The van der Waals surface area contributed by atoms with E-state index >= 15 is 0 Å². The molecule has 90 valence electrons. The molecule has 0 aliphatic heterocycles. The van der Waals surface area contributed by atoms with E-state index in [4.69, 9.17) is 5.11 Å². The summed E-state index contributed by atoms with van der Waals surface area (Å²) < 4.78 is 1.82. The number of aliphatic hydroxyl groups is 1. The summed E-state index contributed by atoms with van der Waals surface area (Å²) in [5, 5.41) is 16.8. The lowest BCUT2D eigenvalue weighted by Crippen LogP contribution is -2.00. The Kier molecular flexibility index (Phi) is 4.58. The summed E-state index contributed by atoms with van der Waals surface area (Å²) in [4.78, 5) is 1.27. The van der Waals surface area contributed by atoms with Gasteiger partial charge in [-0.15, -0.1) is 16.9 Å². The van der Waals surface area contributed by atoms with Crippen LogP contribution >= 0.6 is 11.8 Å². The third-order valence-electron chi connectivity index (χ3n) is 2.29. The van der Waals surface area contributed by atoms with Gasteiger partial charge >= 0.3 is 0 Å². The Hall–Kier alpha value is -1.33. The first-order valence-corrected chi connectivity index (χ1v) is 6.55. The molecule has 1 heterocycles. The molecular weight excluding hydrogens is 234 g/mol. The lowest BCUT2D eigenvalue weighted by molar-refractivity contribution is 0.298. The van der Waals surface area contributed by atoms with Gasteiger partial charge in [0.05, 0.1) is 12.2 Å². The molecule has 0 saturated heterocycles. The average Bonchev–Trinajstić information content (AvgIpc) is 2.79. The molecular formula is C12H15N3OS. The number of nitrogens with zero attached hydrogens (tertiary/aromatic N) is 3. The largest absolute Gasteiger partial charge is 0.396 e. The minimum Gasteiger partial charge on any atom is -0.396 e. The molecule has 5 heteroatoms. The lowest BCUT2D eigenvalue weighted by atomic mass is 10.3. The van der Waals surface area contributed by atoms with Gasteiger partial charge in [-0.05, 0) is 12.1 Å². The van der Waals surface area contributed by atoms with Gasteiger partial charge in [0.1, 0.15) is 0 Å². The van der Waals surface area contributed by atoms with Crippen molar-refractivity contribution in [2.75, 3.05) is 12.4 Å². The highest BCUT2D eigenvalue weighted by Crippen LogP contribution is 2.16. The quantitative estimate of drug-likeness (QED) is 0.790. The van der Waals surface area contributed by atoms with E-state index in [2.05, 4.69) is 22.4 Å². The predicted molar refractivity (Wildman–Crippen MR) is 68.0 cm³/mol. The van der Waals surface area contributed by atoms with E-state index in [0.717, 1.165) is 18.0 Å². The highest BCUT2D eigenvalue weighted by atomic mass is 32.2. The predicted octanol–water partition coefficient (Wildman–Crippen LogP) is 1.61. The molecule has 17 heavy (non-hydrogen) atoms. The van der Waals surface area contributed by atoms with Gasteiger partial charge in [0.2, 0.25) is 0 Å². The van der Waals surface area contributed by atoms with Gasteiger partial charge < -0.3 is 5.11 Å². The molecule has 2 rings (SSSR count). The Labute approximate surface area is 105 Å². The van der Waals surface area contributed by atoms with E-state index in [1.54, 1.807) is 11.8 Å². The Morgan fingerprint density at radius 3 is 2.82 bits per heavy atom. The number of thioether (sulfide) groups is 1. The van der Waals surface area contributed by atoms with Crippen molar-refractivity contribution in [3.63, 3.8) is 0 Å². The van der Waals surface area contributed by atoms with Crippen LogP contribution in [0.15, 0.2) is 41.4 Å². The van der Waals surface area contributed by atoms with E-state index in [1.807, 2.05) is 29.1 Å². The Morgan fingerprint density at radius 1 is 1.24 bits per heavy atom. The van der Waals surface area contributed by atoms with Crippen molar-refractivity contribution >= 4 is 11.8 Å². The molecule has 1 aromatic carbocycles. The molecule has 4 nitrogen and oxygen atoms in total. The molecule has 0 amide bonds. The fourth-order valence-electron chi connectivity index (χ4n) is 1.45. The van der Waals surface area contributed by atoms with Crippen LogP contribution in [-0.2, 0) is 13.0 Å². The van der Waals surface area contributed by atoms with Crippen molar-refractivity contribution in [3.8, 4) is 0 Å². The summed E-state index contributed by atoms with van der Waals surface area (Å²) in [6.45, 7) is 0.954. The number of aryl methyl sites for hydroxylation is 1. The summed E-state index contributed by atoms with van der Waals surface area (Å²) in [5.41, 5.74) is 0.845. The van der Waals surface area contributed by atoms with Crippen LogP contribution in [0.2, 0.25) is 0 Å². The van der Waals surface area contributed by atoms with Crippen molar-refractivity contribution in [3.05, 3.63) is 42.2 Å². The van der Waals surface area contributed by atoms with Crippen LogP contribution in [0.1, 0.15) is 5.69 Å². The van der Waals surface area contributed by atoms with E-state index in [-0.39, 0.29) is 6.61 Å². The number of aliphatic hydroxyl groups excluding tert-OH is 1. The van der Waals surface area contributed by atoms with Crippen LogP contribution < -0.4 is 0 Å². The fraction of sp³-hybridized carbons (Fsp3) is 0.333. The fourth-order valence-corrected chi connectivity index (χ4v) is 2.31. The molecule has 0 saturated carbocycles. The van der Waals surface area contributed by atoms with Crippen LogP contribution in [0.5, 0.6) is 0 Å². The third kappa shape index (κ3) is 3.87. The molecule has 0 unspecified atom stereocenters. The summed E-state index contributed by atoms with van der Waals surface area (Å²) in [6.07, 6.45) is 2.47. The number of hydrogen-bond donors (Lipinski definition) is 1. The maximum atomic E-state index is 8.77. The van der Waals surface area contributed by atoms with Gasteiger partial charge in [-0.2, -0.15) is 0 Å². The van der Waals surface area contributed by atoms with Gasteiger partial charge in [0.15, 0.2) is 0 Å². The zero-order valence-corrected chi connectivity index (χ0v) is 10.3. The van der Waals surface area contributed by atoms with Crippen LogP contribution in [0.3, 0.4) is 0 Å². The molecule has 1 N–H and O–H groups in total. The van der Waals surface area contributed by atoms with Crippen molar-refractivity contribution in [2.24, 2.45) is 0 Å². The summed E-state index contributed by atoms with van der Waals surface area (Å²) in [6, 6.07) is 10.3. The second-order valence-electron chi connectivity index (χ2n) is 3.61. The molecule has 0 bridgehead atoms. The maximum absolute atomic E-state index is 8.77. The number of rotatable bonds is 6. The van der Waals surface area contributed by atoms with E-state index < -0.39 is 0 Å². The SMILES string of the molecule is OCCc1cn(CCSc2ccccc2)nn1. The first kappa shape index (κ1) is 12.1. The van der Waals surface area contributed by atoms with Crippen LogP contribution in [0.4, 0.5) is 0 Å². The van der Waals surface area contributed by atoms with E-state index in [0.29, 0.717) is 6.42 Å². The standard InChI is InChI=1S/C12H15N3OS/c16-8-6-11-10-15(14-13-11)7-9-17-12-4-2-1-3-5-12/h1-5,10,16H,6-9H2. The minimum absolute atomic E-state index is 0.122. The minimum atomic E-state index is 0.122. The number of benzene rings is 1. The van der Waals surface area contributed by atoms with Gasteiger partial charge in [-0.1, -0.05) is 23.4 Å². The topological polar surface area (TPSA) is 50.9 Å². The molecule has 0 spiro atoms. The normalized spacial score (nSPS) is 10.6. The first-order chi connectivity index (χ1) is 8.38. The Morgan fingerprint density at radius 2 is 2.06 bits per heavy atom. The number of aromatic nitrogens is 3. The molecule has 0 fully saturated rings. The summed E-state index contributed by atoms with van der Waals surface area (Å²) >= 11 is 1.80. The molecule has 0 radical (unpaired) electrons. The molecule has 0 aliphatic carbocycles. The monoisotopic (exact) mass is 249 g/mol. The third-order valence-corrected chi connectivity index (χ3v) is 3.28. The second-order valence-corrected chi connectivity index (χ2v) is 4.78. The molecule has 1 aromatic heterocycles. The summed E-state index contributed by atoms with van der Waals surface area (Å²) in [7, 11) is 0. The maximum Gasteiger partial charge on any atom is 0.0849 e. The Bertz CT molecular complexity index is 444. The van der Waals surface area contributed by atoms with Gasteiger partial charge in [0, 0.05) is 29.9 Å². The van der Waals surface area contributed by atoms with Crippen molar-refractivity contribution in [1.29, 1.82) is 0 Å². The highest BCUT2D eigenvalue weighted by molar-refractivity contribution is 7.99. The molecule has 2 aromatic rings. The van der Waals surface area contributed by atoms with Crippen LogP contribution in [-0.4, -0.2) is 32.5 Å². The lowest BCUT2D eigenvalue weighted by Gasteiger charge is -2.00. The first-order valence-electron chi connectivity index (χ1n) is 5.56. The van der Waals surface area contributed by atoms with Crippen molar-refractivity contribution < 1.29 is 5.11 Å². The van der Waals surface area contributed by atoms with E-state index in [1.165, 1.54) is 4.90 Å². The van der Waals surface area contributed by atoms with Gasteiger partial charge in [-0.3, -0.25) is 4.68 Å². The molecule has 0 atom stereocenters. The van der Waals surface area contributed by atoms with Crippen molar-refractivity contribution in [2.45, 2.75) is 17.9 Å². The van der Waals surface area contributed by atoms with Crippen LogP contribution in [0, 0.1) is 0 Å². The van der Waals surface area contributed by atoms with Gasteiger partial charge in [-0.25, -0.2) is 0 Å². The van der Waals surface area contributed by atoms with Gasteiger partial charge in [0.25, 0.3) is 0 Å². The summed E-state index contributed by atoms with van der Waals surface area (Å²) in [5.74, 6) is 0.964.